The SMILES string of the molecule is C[C@@H](Nc1nnc(C2CCc3c(cnn3C)C2)o1)C(=O)N1CCC2(CC1)CC2. The first-order chi connectivity index (χ1) is 13.5. The van der Waals surface area contributed by atoms with Gasteiger partial charge in [0.25, 0.3) is 0 Å². The van der Waals surface area contributed by atoms with Crippen LogP contribution in [0.1, 0.15) is 62.1 Å². The Bertz CT molecular complexity index is 873. The van der Waals surface area contributed by atoms with Crippen molar-refractivity contribution >= 4 is 11.9 Å². The van der Waals surface area contributed by atoms with Gasteiger partial charge in [-0.15, -0.1) is 5.10 Å². The van der Waals surface area contributed by atoms with E-state index in [0.29, 0.717) is 17.3 Å². The lowest BCUT2D eigenvalue weighted by atomic mass is 9.88. The number of piperidine rings is 1. The largest absolute Gasteiger partial charge is 0.408 e. The van der Waals surface area contributed by atoms with E-state index < -0.39 is 0 Å². The van der Waals surface area contributed by atoms with Crippen molar-refractivity contribution in [1.82, 2.24) is 24.9 Å². The lowest BCUT2D eigenvalue weighted by molar-refractivity contribution is -0.133. The summed E-state index contributed by atoms with van der Waals surface area (Å²) in [5.74, 6) is 0.973. The van der Waals surface area contributed by atoms with Crippen LogP contribution in [0.3, 0.4) is 0 Å². The molecule has 8 nitrogen and oxygen atoms in total. The van der Waals surface area contributed by atoms with Gasteiger partial charge in [0, 0.05) is 31.7 Å². The number of anilines is 1. The Balaban J connectivity index is 1.19. The van der Waals surface area contributed by atoms with Gasteiger partial charge in [-0.1, -0.05) is 5.10 Å². The van der Waals surface area contributed by atoms with Crippen LogP contribution < -0.4 is 5.32 Å². The molecule has 5 rings (SSSR count). The van der Waals surface area contributed by atoms with Crippen LogP contribution in [0.25, 0.3) is 0 Å². The van der Waals surface area contributed by atoms with Crippen LogP contribution in [0, 0.1) is 5.41 Å². The fraction of sp³-hybridized carbons (Fsp3) is 0.700. The van der Waals surface area contributed by atoms with Crippen molar-refractivity contribution in [2.45, 2.75) is 63.8 Å². The van der Waals surface area contributed by atoms with Crippen LogP contribution >= 0.6 is 0 Å². The normalized spacial score (nSPS) is 24.1. The molecule has 0 bridgehead atoms. The number of carbonyl (C=O) groups excluding carboxylic acids is 1. The molecule has 1 aliphatic heterocycles. The van der Waals surface area contributed by atoms with Crippen LogP contribution in [0.5, 0.6) is 0 Å². The second kappa shape index (κ2) is 6.60. The van der Waals surface area contributed by atoms with Crippen molar-refractivity contribution in [2.75, 3.05) is 18.4 Å². The summed E-state index contributed by atoms with van der Waals surface area (Å²) in [6.45, 7) is 3.61. The summed E-state index contributed by atoms with van der Waals surface area (Å²) in [6.07, 6.45) is 9.72. The van der Waals surface area contributed by atoms with Gasteiger partial charge in [0.05, 0.1) is 6.20 Å². The van der Waals surface area contributed by atoms with Gasteiger partial charge in [0.15, 0.2) is 0 Å². The molecule has 1 unspecified atom stereocenters. The van der Waals surface area contributed by atoms with E-state index in [1.54, 1.807) is 0 Å². The van der Waals surface area contributed by atoms with Gasteiger partial charge in [-0.05, 0) is 62.8 Å². The highest BCUT2D eigenvalue weighted by molar-refractivity contribution is 5.83. The fourth-order valence-corrected chi connectivity index (χ4v) is 4.75. The Morgan fingerprint density at radius 1 is 1.29 bits per heavy atom. The summed E-state index contributed by atoms with van der Waals surface area (Å²) < 4.78 is 7.81. The molecule has 1 saturated heterocycles. The highest BCUT2D eigenvalue weighted by atomic mass is 16.4. The van der Waals surface area contributed by atoms with E-state index in [1.807, 2.05) is 29.7 Å². The minimum atomic E-state index is -0.363. The minimum absolute atomic E-state index is 0.118. The van der Waals surface area contributed by atoms with Gasteiger partial charge in [-0.2, -0.15) is 5.10 Å². The second-order valence-electron chi connectivity index (χ2n) is 8.82. The Morgan fingerprint density at radius 2 is 2.07 bits per heavy atom. The first-order valence-electron chi connectivity index (χ1n) is 10.4. The summed E-state index contributed by atoms with van der Waals surface area (Å²) in [4.78, 5) is 14.7. The van der Waals surface area contributed by atoms with Crippen molar-refractivity contribution in [3.05, 3.63) is 23.3 Å². The number of nitrogens with one attached hydrogen (secondary N) is 1. The van der Waals surface area contributed by atoms with E-state index in [9.17, 15) is 4.79 Å². The molecular formula is C20H28N6O2. The number of nitrogens with zero attached hydrogens (tertiary/aromatic N) is 5. The number of aryl methyl sites for hydroxylation is 1. The molecule has 2 aromatic heterocycles. The van der Waals surface area contributed by atoms with Crippen molar-refractivity contribution < 1.29 is 9.21 Å². The van der Waals surface area contributed by atoms with Crippen molar-refractivity contribution in [2.24, 2.45) is 12.5 Å². The maximum absolute atomic E-state index is 12.7. The fourth-order valence-electron chi connectivity index (χ4n) is 4.75. The quantitative estimate of drug-likeness (QED) is 0.870. The van der Waals surface area contributed by atoms with Gasteiger partial charge in [-0.25, -0.2) is 0 Å². The number of amides is 1. The van der Waals surface area contributed by atoms with Gasteiger partial charge >= 0.3 is 6.01 Å². The van der Waals surface area contributed by atoms with Crippen LogP contribution in [0.2, 0.25) is 0 Å². The number of carbonyl (C=O) groups is 1. The lowest BCUT2D eigenvalue weighted by Crippen LogP contribution is -2.45. The summed E-state index contributed by atoms with van der Waals surface area (Å²) in [5.41, 5.74) is 3.12. The molecule has 1 saturated carbocycles. The number of aromatic nitrogens is 4. The maximum atomic E-state index is 12.7. The standard InChI is InChI=1S/C20H28N6O2/c1-13(18(27)26-9-7-20(5-6-20)8-10-26)22-19-24-23-17(28-19)14-3-4-16-15(11-14)12-21-25(16)2/h12-14H,3-11H2,1-2H3,(H,22,24)/t13-,14?/m1/s1. The van der Waals surface area contributed by atoms with Crippen molar-refractivity contribution in [3.63, 3.8) is 0 Å². The molecule has 8 heteroatoms. The number of rotatable bonds is 4. The molecule has 0 aromatic carbocycles. The summed E-state index contributed by atoms with van der Waals surface area (Å²) in [5, 5.41) is 15.8. The first-order valence-corrected chi connectivity index (χ1v) is 10.4. The molecule has 2 aromatic rings. The average molecular weight is 384 g/mol. The number of hydrogen-bond acceptors (Lipinski definition) is 6. The van der Waals surface area contributed by atoms with Gasteiger partial charge < -0.3 is 14.6 Å². The third kappa shape index (κ3) is 3.18. The summed E-state index contributed by atoms with van der Waals surface area (Å²) >= 11 is 0. The Kier molecular flexibility index (Phi) is 4.17. The van der Waals surface area contributed by atoms with E-state index in [2.05, 4.69) is 20.6 Å². The van der Waals surface area contributed by atoms with E-state index >= 15 is 0 Å². The van der Waals surface area contributed by atoms with Crippen molar-refractivity contribution in [3.8, 4) is 0 Å². The molecule has 1 amide bonds. The van der Waals surface area contributed by atoms with E-state index in [1.165, 1.54) is 24.1 Å². The Morgan fingerprint density at radius 3 is 2.82 bits per heavy atom. The molecule has 2 atom stereocenters. The van der Waals surface area contributed by atoms with E-state index in [0.717, 1.165) is 45.2 Å². The lowest BCUT2D eigenvalue weighted by Gasteiger charge is -2.33. The minimum Gasteiger partial charge on any atom is -0.408 e. The zero-order chi connectivity index (χ0) is 19.3. The third-order valence-electron chi connectivity index (χ3n) is 6.94. The molecule has 3 heterocycles. The Hall–Kier alpha value is -2.38. The summed E-state index contributed by atoms with van der Waals surface area (Å²) in [7, 11) is 1.99. The molecule has 2 fully saturated rings. The molecule has 3 aliphatic rings. The summed E-state index contributed by atoms with van der Waals surface area (Å²) in [6, 6.07) is -0.0265. The van der Waals surface area contributed by atoms with Crippen LogP contribution in [0.15, 0.2) is 10.6 Å². The molecule has 0 radical (unpaired) electrons. The van der Waals surface area contributed by atoms with Gasteiger partial charge in [0.1, 0.15) is 6.04 Å². The number of likely N-dealkylation sites (tertiary alicyclic amines) is 1. The predicted molar refractivity (Wildman–Crippen MR) is 103 cm³/mol. The van der Waals surface area contributed by atoms with Crippen LogP contribution in [-0.4, -0.2) is 49.9 Å². The predicted octanol–water partition coefficient (Wildman–Crippen LogP) is 2.28. The molecular weight excluding hydrogens is 356 g/mol. The Labute approximate surface area is 164 Å². The van der Waals surface area contributed by atoms with Gasteiger partial charge in [0.2, 0.25) is 11.8 Å². The van der Waals surface area contributed by atoms with E-state index in [4.69, 9.17) is 4.42 Å². The smallest absolute Gasteiger partial charge is 0.316 e. The molecule has 1 spiro atoms. The second-order valence-corrected chi connectivity index (χ2v) is 8.82. The highest BCUT2D eigenvalue weighted by Crippen LogP contribution is 2.53. The monoisotopic (exact) mass is 384 g/mol. The average Bonchev–Trinajstić information content (AvgIpc) is 3.12. The van der Waals surface area contributed by atoms with Crippen molar-refractivity contribution in [1.29, 1.82) is 0 Å². The molecule has 2 aliphatic carbocycles. The topological polar surface area (TPSA) is 89.1 Å². The number of hydrogen-bond donors (Lipinski definition) is 1. The zero-order valence-corrected chi connectivity index (χ0v) is 16.6. The van der Waals surface area contributed by atoms with E-state index in [-0.39, 0.29) is 17.9 Å². The highest BCUT2D eigenvalue weighted by Gasteiger charge is 2.45. The van der Waals surface area contributed by atoms with Crippen LogP contribution in [-0.2, 0) is 24.7 Å². The van der Waals surface area contributed by atoms with Gasteiger partial charge in [-0.3, -0.25) is 9.48 Å². The zero-order valence-electron chi connectivity index (χ0n) is 16.6. The third-order valence-corrected chi connectivity index (χ3v) is 6.94. The van der Waals surface area contributed by atoms with Crippen LogP contribution in [0.4, 0.5) is 6.01 Å². The number of fused-ring (bicyclic) bond motifs is 1. The molecule has 150 valence electrons. The molecule has 1 N–H and O–H groups in total. The maximum Gasteiger partial charge on any atom is 0.316 e. The first kappa shape index (κ1) is 17.7. The molecule has 28 heavy (non-hydrogen) atoms.